The highest BCUT2D eigenvalue weighted by molar-refractivity contribution is 6.35. The molecule has 0 atom stereocenters. The van der Waals surface area contributed by atoms with Crippen molar-refractivity contribution in [3.05, 3.63) is 28.2 Å². The maximum absolute atomic E-state index is 11.9. The summed E-state index contributed by atoms with van der Waals surface area (Å²) in [5.41, 5.74) is 0. The first-order valence-electron chi connectivity index (χ1n) is 7.47. The van der Waals surface area contributed by atoms with E-state index in [2.05, 4.69) is 6.92 Å². The number of carbonyl (C=O) groups is 2. The Morgan fingerprint density at radius 2 is 1.91 bits per heavy atom. The zero-order valence-corrected chi connectivity index (χ0v) is 14.4. The number of hydrogen-bond donors (Lipinski definition) is 0. The van der Waals surface area contributed by atoms with E-state index >= 15 is 0 Å². The number of carbonyl (C=O) groups excluding carboxylic acids is 2. The Bertz CT molecular complexity index is 571. The minimum Gasteiger partial charge on any atom is -0.480 e. The Kier molecular flexibility index (Phi) is 6.54. The molecule has 1 aromatic rings. The summed E-state index contributed by atoms with van der Waals surface area (Å²) >= 11 is 11.7. The fourth-order valence-electron chi connectivity index (χ4n) is 2.26. The van der Waals surface area contributed by atoms with E-state index in [0.29, 0.717) is 34.8 Å². The lowest BCUT2D eigenvalue weighted by molar-refractivity contribution is -0.154. The molecule has 0 N–H and O–H groups in total. The van der Waals surface area contributed by atoms with Gasteiger partial charge in [0.05, 0.1) is 5.02 Å². The van der Waals surface area contributed by atoms with E-state index in [4.69, 9.17) is 32.7 Å². The smallest absolute Gasteiger partial charge is 0.344 e. The largest absolute Gasteiger partial charge is 0.480 e. The lowest BCUT2D eigenvalue weighted by Gasteiger charge is -2.30. The minimum atomic E-state index is -0.616. The SMILES string of the molecule is CC1CCN(C(=O)COC(=O)COc2ccc(Cl)cc2Cl)CC1. The van der Waals surface area contributed by atoms with E-state index in [1.54, 1.807) is 17.0 Å². The molecule has 1 heterocycles. The molecule has 0 unspecified atom stereocenters. The van der Waals surface area contributed by atoms with Gasteiger partial charge in [-0.3, -0.25) is 4.79 Å². The van der Waals surface area contributed by atoms with Gasteiger partial charge >= 0.3 is 5.97 Å². The number of esters is 1. The van der Waals surface area contributed by atoms with E-state index in [1.165, 1.54) is 6.07 Å². The van der Waals surface area contributed by atoms with Gasteiger partial charge in [-0.05, 0) is 37.0 Å². The van der Waals surface area contributed by atoms with Gasteiger partial charge in [-0.15, -0.1) is 0 Å². The van der Waals surface area contributed by atoms with Gasteiger partial charge in [-0.1, -0.05) is 30.1 Å². The molecule has 1 aliphatic heterocycles. The van der Waals surface area contributed by atoms with Crippen LogP contribution in [0.15, 0.2) is 18.2 Å². The lowest BCUT2D eigenvalue weighted by Crippen LogP contribution is -2.40. The molecule has 1 fully saturated rings. The molecule has 1 amide bonds. The van der Waals surface area contributed by atoms with Crippen LogP contribution in [-0.4, -0.2) is 43.1 Å². The summed E-state index contributed by atoms with van der Waals surface area (Å²) in [5, 5.41) is 0.787. The molecular formula is C16H19Cl2NO4. The van der Waals surface area contributed by atoms with Gasteiger partial charge in [0.2, 0.25) is 0 Å². The van der Waals surface area contributed by atoms with Crippen molar-refractivity contribution in [3.8, 4) is 5.75 Å². The number of nitrogens with zero attached hydrogens (tertiary/aromatic N) is 1. The van der Waals surface area contributed by atoms with Crippen LogP contribution in [-0.2, 0) is 14.3 Å². The van der Waals surface area contributed by atoms with Crippen molar-refractivity contribution in [3.63, 3.8) is 0 Å². The summed E-state index contributed by atoms with van der Waals surface area (Å²) in [4.78, 5) is 25.3. The Morgan fingerprint density at radius 1 is 1.22 bits per heavy atom. The maximum atomic E-state index is 11.9. The molecule has 0 radical (unpaired) electrons. The zero-order chi connectivity index (χ0) is 16.8. The third-order valence-electron chi connectivity index (χ3n) is 3.73. The number of rotatable bonds is 5. The summed E-state index contributed by atoms with van der Waals surface area (Å²) in [6, 6.07) is 4.69. The first kappa shape index (κ1) is 17.9. The average molecular weight is 360 g/mol. The van der Waals surface area contributed by atoms with E-state index in [9.17, 15) is 9.59 Å². The lowest BCUT2D eigenvalue weighted by atomic mass is 9.99. The summed E-state index contributed by atoms with van der Waals surface area (Å²) in [7, 11) is 0. The summed E-state index contributed by atoms with van der Waals surface area (Å²) in [6.07, 6.45) is 1.97. The number of hydrogen-bond acceptors (Lipinski definition) is 4. The van der Waals surface area contributed by atoms with Gasteiger partial charge in [0.15, 0.2) is 13.2 Å². The highest BCUT2D eigenvalue weighted by Gasteiger charge is 2.21. The van der Waals surface area contributed by atoms with Gasteiger partial charge in [-0.25, -0.2) is 4.79 Å². The number of benzene rings is 1. The number of likely N-dealkylation sites (tertiary alicyclic amines) is 1. The van der Waals surface area contributed by atoms with Crippen LogP contribution in [0.1, 0.15) is 19.8 Å². The minimum absolute atomic E-state index is 0.172. The number of piperidine rings is 1. The maximum Gasteiger partial charge on any atom is 0.344 e. The Morgan fingerprint density at radius 3 is 2.57 bits per heavy atom. The predicted octanol–water partition coefficient (Wildman–Crippen LogP) is 3.17. The highest BCUT2D eigenvalue weighted by atomic mass is 35.5. The van der Waals surface area contributed by atoms with Crippen LogP contribution < -0.4 is 4.74 Å². The Hall–Kier alpha value is -1.46. The van der Waals surface area contributed by atoms with Crippen molar-refractivity contribution in [2.45, 2.75) is 19.8 Å². The molecule has 0 saturated carbocycles. The van der Waals surface area contributed by atoms with Gasteiger partial charge < -0.3 is 14.4 Å². The van der Waals surface area contributed by atoms with Crippen molar-refractivity contribution in [2.75, 3.05) is 26.3 Å². The normalized spacial score (nSPS) is 15.3. The van der Waals surface area contributed by atoms with Crippen LogP contribution in [0.25, 0.3) is 0 Å². The molecule has 126 valence electrons. The molecule has 5 nitrogen and oxygen atoms in total. The number of amides is 1. The molecule has 1 aliphatic rings. The molecule has 0 spiro atoms. The zero-order valence-electron chi connectivity index (χ0n) is 12.9. The molecule has 1 aromatic carbocycles. The monoisotopic (exact) mass is 359 g/mol. The third kappa shape index (κ3) is 5.59. The van der Waals surface area contributed by atoms with Crippen molar-refractivity contribution in [1.82, 2.24) is 4.90 Å². The molecule has 2 rings (SSSR count). The number of halogens is 2. The topological polar surface area (TPSA) is 55.8 Å². The molecule has 23 heavy (non-hydrogen) atoms. The van der Waals surface area contributed by atoms with Crippen LogP contribution in [0, 0.1) is 5.92 Å². The van der Waals surface area contributed by atoms with Crippen molar-refractivity contribution in [2.24, 2.45) is 5.92 Å². The second-order valence-electron chi connectivity index (χ2n) is 5.59. The van der Waals surface area contributed by atoms with Gasteiger partial charge in [0.25, 0.3) is 5.91 Å². The van der Waals surface area contributed by atoms with Crippen LogP contribution in [0.5, 0.6) is 5.75 Å². The predicted molar refractivity (Wildman–Crippen MR) is 87.9 cm³/mol. The van der Waals surface area contributed by atoms with Gasteiger partial charge in [0.1, 0.15) is 5.75 Å². The summed E-state index contributed by atoms with van der Waals surface area (Å²) in [6.45, 7) is 3.03. The van der Waals surface area contributed by atoms with Crippen LogP contribution in [0.3, 0.4) is 0 Å². The molecule has 0 bridgehead atoms. The summed E-state index contributed by atoms with van der Waals surface area (Å²) < 4.78 is 10.2. The van der Waals surface area contributed by atoms with Crippen LogP contribution >= 0.6 is 23.2 Å². The second kappa shape index (κ2) is 8.41. The van der Waals surface area contributed by atoms with Gasteiger partial charge in [-0.2, -0.15) is 0 Å². The van der Waals surface area contributed by atoms with Crippen molar-refractivity contribution < 1.29 is 19.1 Å². The first-order chi connectivity index (χ1) is 11.0. The fraction of sp³-hybridized carbons (Fsp3) is 0.500. The van der Waals surface area contributed by atoms with E-state index < -0.39 is 5.97 Å². The molecular weight excluding hydrogens is 341 g/mol. The second-order valence-corrected chi connectivity index (χ2v) is 6.43. The molecule has 0 aromatic heterocycles. The van der Waals surface area contributed by atoms with Crippen molar-refractivity contribution in [1.29, 1.82) is 0 Å². The number of ether oxygens (including phenoxy) is 2. The van der Waals surface area contributed by atoms with Crippen LogP contribution in [0.4, 0.5) is 0 Å². The average Bonchev–Trinajstić information content (AvgIpc) is 2.52. The molecule has 1 saturated heterocycles. The first-order valence-corrected chi connectivity index (χ1v) is 8.22. The van der Waals surface area contributed by atoms with E-state index in [-0.39, 0.29) is 19.1 Å². The van der Waals surface area contributed by atoms with Crippen LogP contribution in [0.2, 0.25) is 10.0 Å². The summed E-state index contributed by atoms with van der Waals surface area (Å²) in [5.74, 6) is 0.188. The van der Waals surface area contributed by atoms with E-state index in [1.807, 2.05) is 0 Å². The van der Waals surface area contributed by atoms with Crippen molar-refractivity contribution >= 4 is 35.1 Å². The highest BCUT2D eigenvalue weighted by Crippen LogP contribution is 2.27. The molecule has 7 heteroatoms. The Balaban J connectivity index is 1.71. The standard InChI is InChI=1S/C16H19Cl2NO4/c1-11-4-6-19(7-5-11)15(20)9-23-16(21)10-22-14-3-2-12(17)8-13(14)18/h2-3,8,11H,4-7,9-10H2,1H3. The molecule has 0 aliphatic carbocycles. The van der Waals surface area contributed by atoms with E-state index in [0.717, 1.165) is 12.8 Å². The fourth-order valence-corrected chi connectivity index (χ4v) is 2.73. The quantitative estimate of drug-likeness (QED) is 0.757. The Labute approximate surface area is 145 Å². The van der Waals surface area contributed by atoms with Gasteiger partial charge in [0, 0.05) is 18.1 Å². The third-order valence-corrected chi connectivity index (χ3v) is 4.26.